The van der Waals surface area contributed by atoms with Gasteiger partial charge in [0.05, 0.1) is 6.61 Å². The van der Waals surface area contributed by atoms with Crippen molar-refractivity contribution in [3.8, 4) is 0 Å². The standard InChI is InChI=1S/C10H19O11P/c1-17-22(16,18-2)20-3-5-7(13)8(14)9(15)10(21-5)19-4-6(11)12/h5,7-10,13-15H,3-4H2,1-2H3,(H,11,12)/t5?,7-,8+,9?,10+/m1/s1. The van der Waals surface area contributed by atoms with Gasteiger partial charge in [-0.3, -0.25) is 13.6 Å². The average Bonchev–Trinajstić information content (AvgIpc) is 2.50. The zero-order valence-corrected chi connectivity index (χ0v) is 12.8. The number of carboxylic acids is 1. The molecule has 0 saturated carbocycles. The molecule has 0 radical (unpaired) electrons. The SMILES string of the molecule is COP(=O)(OC)OCC1O[C@H](OCC(=O)O)C(O)[C@@H](O)[C@@H]1O. The first-order valence-electron chi connectivity index (χ1n) is 6.13. The highest BCUT2D eigenvalue weighted by molar-refractivity contribution is 7.48. The highest BCUT2D eigenvalue weighted by Crippen LogP contribution is 2.47. The molecule has 0 spiro atoms. The lowest BCUT2D eigenvalue weighted by Crippen LogP contribution is -2.59. The summed E-state index contributed by atoms with van der Waals surface area (Å²) in [7, 11) is -1.66. The summed E-state index contributed by atoms with van der Waals surface area (Å²) < 4.78 is 35.5. The van der Waals surface area contributed by atoms with Gasteiger partial charge < -0.3 is 29.9 Å². The molecule has 1 aliphatic heterocycles. The molecule has 0 aromatic carbocycles. The maximum atomic E-state index is 11.7. The molecular weight excluding hydrogens is 327 g/mol. The molecule has 4 N–H and O–H groups in total. The van der Waals surface area contributed by atoms with Gasteiger partial charge in [0.1, 0.15) is 31.0 Å². The second kappa shape index (κ2) is 8.29. The minimum absolute atomic E-state index is 0.517. The summed E-state index contributed by atoms with van der Waals surface area (Å²) in [4.78, 5) is 10.4. The minimum atomic E-state index is -3.83. The fourth-order valence-corrected chi connectivity index (χ4v) is 2.38. The predicted molar refractivity (Wildman–Crippen MR) is 67.8 cm³/mol. The molecule has 1 saturated heterocycles. The van der Waals surface area contributed by atoms with Gasteiger partial charge in [0, 0.05) is 14.2 Å². The van der Waals surface area contributed by atoms with Crippen LogP contribution >= 0.6 is 7.82 Å². The summed E-state index contributed by atoms with van der Waals surface area (Å²) in [5.41, 5.74) is 0. The molecule has 130 valence electrons. The summed E-state index contributed by atoms with van der Waals surface area (Å²) in [6.45, 7) is -1.30. The zero-order chi connectivity index (χ0) is 16.9. The third kappa shape index (κ3) is 4.95. The van der Waals surface area contributed by atoms with Crippen LogP contribution in [0.4, 0.5) is 0 Å². The molecule has 5 atom stereocenters. The lowest BCUT2D eigenvalue weighted by molar-refractivity contribution is -0.299. The van der Waals surface area contributed by atoms with Crippen molar-refractivity contribution in [2.45, 2.75) is 30.7 Å². The van der Waals surface area contributed by atoms with Crippen molar-refractivity contribution in [2.24, 2.45) is 0 Å². The second-order valence-electron chi connectivity index (χ2n) is 4.33. The van der Waals surface area contributed by atoms with Crippen LogP contribution in [-0.4, -0.2) is 84.5 Å². The van der Waals surface area contributed by atoms with Crippen LogP contribution in [0, 0.1) is 0 Å². The van der Waals surface area contributed by atoms with Crippen molar-refractivity contribution in [1.82, 2.24) is 0 Å². The van der Waals surface area contributed by atoms with Crippen LogP contribution in [0.25, 0.3) is 0 Å². The van der Waals surface area contributed by atoms with E-state index in [1.54, 1.807) is 0 Å². The van der Waals surface area contributed by atoms with Gasteiger partial charge in [-0.25, -0.2) is 9.36 Å². The fraction of sp³-hybridized carbons (Fsp3) is 0.900. The van der Waals surface area contributed by atoms with Gasteiger partial charge in [-0.1, -0.05) is 0 Å². The van der Waals surface area contributed by atoms with Gasteiger partial charge in [-0.05, 0) is 0 Å². The molecule has 0 bridgehead atoms. The van der Waals surface area contributed by atoms with E-state index in [2.05, 4.69) is 9.05 Å². The van der Waals surface area contributed by atoms with E-state index >= 15 is 0 Å². The van der Waals surface area contributed by atoms with Gasteiger partial charge in [0.15, 0.2) is 6.29 Å². The molecule has 0 aliphatic carbocycles. The van der Waals surface area contributed by atoms with Gasteiger partial charge in [-0.15, -0.1) is 0 Å². The van der Waals surface area contributed by atoms with Crippen LogP contribution in [0.5, 0.6) is 0 Å². The first kappa shape index (κ1) is 19.4. The molecule has 0 amide bonds. The van der Waals surface area contributed by atoms with Gasteiger partial charge in [-0.2, -0.15) is 0 Å². The molecular formula is C10H19O11P. The number of ether oxygens (including phenoxy) is 2. The van der Waals surface area contributed by atoms with E-state index in [-0.39, 0.29) is 0 Å². The number of phosphoric ester groups is 1. The van der Waals surface area contributed by atoms with E-state index in [0.29, 0.717) is 0 Å². The number of aliphatic carboxylic acids is 1. The molecule has 12 heteroatoms. The first-order valence-corrected chi connectivity index (χ1v) is 7.59. The summed E-state index contributed by atoms with van der Waals surface area (Å²) >= 11 is 0. The van der Waals surface area contributed by atoms with Gasteiger partial charge in [0.25, 0.3) is 0 Å². The molecule has 1 aliphatic rings. The molecule has 1 rings (SSSR count). The van der Waals surface area contributed by atoms with Crippen LogP contribution < -0.4 is 0 Å². The molecule has 1 heterocycles. The van der Waals surface area contributed by atoms with Crippen LogP contribution in [0.2, 0.25) is 0 Å². The minimum Gasteiger partial charge on any atom is -0.480 e. The van der Waals surface area contributed by atoms with Crippen molar-refractivity contribution < 1.29 is 52.8 Å². The van der Waals surface area contributed by atoms with Crippen molar-refractivity contribution in [1.29, 1.82) is 0 Å². The summed E-state index contributed by atoms with van der Waals surface area (Å²) in [5, 5.41) is 37.7. The van der Waals surface area contributed by atoms with E-state index in [1.807, 2.05) is 0 Å². The Balaban J connectivity index is 2.68. The Morgan fingerprint density at radius 3 is 2.23 bits per heavy atom. The fourth-order valence-electron chi connectivity index (χ4n) is 1.69. The summed E-state index contributed by atoms with van der Waals surface area (Å²) in [5.74, 6) is -1.31. The third-order valence-corrected chi connectivity index (χ3v) is 4.24. The highest BCUT2D eigenvalue weighted by atomic mass is 31.2. The summed E-state index contributed by atoms with van der Waals surface area (Å²) in [6, 6.07) is 0. The van der Waals surface area contributed by atoms with E-state index in [0.717, 1.165) is 14.2 Å². The molecule has 11 nitrogen and oxygen atoms in total. The molecule has 0 aromatic heterocycles. The van der Waals surface area contributed by atoms with Crippen molar-refractivity contribution in [2.75, 3.05) is 27.4 Å². The largest absolute Gasteiger partial charge is 0.480 e. The maximum Gasteiger partial charge on any atom is 0.474 e. The zero-order valence-electron chi connectivity index (χ0n) is 11.9. The Hall–Kier alpha value is -0.620. The van der Waals surface area contributed by atoms with Crippen LogP contribution in [0.3, 0.4) is 0 Å². The Morgan fingerprint density at radius 2 is 1.73 bits per heavy atom. The Bertz CT molecular complexity index is 408. The number of hydrogen-bond acceptors (Lipinski definition) is 10. The first-order chi connectivity index (χ1) is 10.2. The number of phosphoric acid groups is 1. The maximum absolute atomic E-state index is 11.7. The normalized spacial score (nSPS) is 32.9. The predicted octanol–water partition coefficient (Wildman–Crippen LogP) is -1.69. The number of carboxylic acid groups (broad SMARTS) is 1. The van der Waals surface area contributed by atoms with E-state index in [4.69, 9.17) is 19.1 Å². The number of rotatable bonds is 8. The second-order valence-corrected chi connectivity index (χ2v) is 6.21. The quantitative estimate of drug-likeness (QED) is 0.371. The van der Waals surface area contributed by atoms with Crippen LogP contribution in [0.1, 0.15) is 0 Å². The van der Waals surface area contributed by atoms with Crippen molar-refractivity contribution in [3.63, 3.8) is 0 Å². The summed E-state index contributed by atoms with van der Waals surface area (Å²) in [6.07, 6.45) is -7.68. The van der Waals surface area contributed by atoms with Gasteiger partial charge in [0.2, 0.25) is 0 Å². The monoisotopic (exact) mass is 346 g/mol. The van der Waals surface area contributed by atoms with E-state index < -0.39 is 57.7 Å². The van der Waals surface area contributed by atoms with E-state index in [9.17, 15) is 24.7 Å². The smallest absolute Gasteiger partial charge is 0.474 e. The number of aliphatic hydroxyl groups is 3. The third-order valence-electron chi connectivity index (χ3n) is 2.88. The molecule has 0 aromatic rings. The Kier molecular flexibility index (Phi) is 7.32. The highest BCUT2D eigenvalue weighted by Gasteiger charge is 2.45. The molecule has 22 heavy (non-hydrogen) atoms. The van der Waals surface area contributed by atoms with Crippen LogP contribution in [-0.2, 0) is 32.4 Å². The topological polar surface area (TPSA) is 161 Å². The van der Waals surface area contributed by atoms with Crippen LogP contribution in [0.15, 0.2) is 0 Å². The van der Waals surface area contributed by atoms with Crippen molar-refractivity contribution >= 4 is 13.8 Å². The Morgan fingerprint density at radius 1 is 1.14 bits per heavy atom. The number of hydrogen-bond donors (Lipinski definition) is 4. The Labute approximate surface area is 125 Å². The lowest BCUT2D eigenvalue weighted by atomic mass is 9.99. The average molecular weight is 346 g/mol. The van der Waals surface area contributed by atoms with E-state index in [1.165, 1.54) is 0 Å². The van der Waals surface area contributed by atoms with Crippen molar-refractivity contribution in [3.05, 3.63) is 0 Å². The van der Waals surface area contributed by atoms with Gasteiger partial charge >= 0.3 is 13.8 Å². The molecule has 1 fully saturated rings. The number of aliphatic hydroxyl groups excluding tert-OH is 3. The number of carbonyl (C=O) groups is 1. The molecule has 2 unspecified atom stereocenters. The lowest BCUT2D eigenvalue weighted by Gasteiger charge is -2.39.